The SMILES string of the molecule is CCCCCc1cc2c(CCCN)cccc2nc1N. The molecule has 0 saturated heterocycles. The number of rotatable bonds is 7. The summed E-state index contributed by atoms with van der Waals surface area (Å²) in [5.74, 6) is 0.685. The number of pyridine rings is 1. The van der Waals surface area contributed by atoms with Gasteiger partial charge in [0.05, 0.1) is 5.52 Å². The largest absolute Gasteiger partial charge is 0.383 e. The molecular formula is C17H25N3. The Balaban J connectivity index is 2.32. The lowest BCUT2D eigenvalue weighted by Crippen LogP contribution is -2.02. The maximum absolute atomic E-state index is 6.09. The predicted molar refractivity (Wildman–Crippen MR) is 86.8 cm³/mol. The fourth-order valence-corrected chi connectivity index (χ4v) is 2.59. The summed E-state index contributed by atoms with van der Waals surface area (Å²) in [5, 5.41) is 1.24. The van der Waals surface area contributed by atoms with Crippen molar-refractivity contribution in [3.63, 3.8) is 0 Å². The van der Waals surface area contributed by atoms with Gasteiger partial charge in [-0.05, 0) is 55.5 Å². The molecule has 4 N–H and O–H groups in total. The molecule has 3 heteroatoms. The smallest absolute Gasteiger partial charge is 0.127 e. The fraction of sp³-hybridized carbons (Fsp3) is 0.471. The molecule has 0 aliphatic rings. The quantitative estimate of drug-likeness (QED) is 0.758. The van der Waals surface area contributed by atoms with Crippen LogP contribution in [0.4, 0.5) is 5.82 Å². The van der Waals surface area contributed by atoms with Crippen LogP contribution in [0.2, 0.25) is 0 Å². The Morgan fingerprint density at radius 2 is 1.85 bits per heavy atom. The predicted octanol–water partition coefficient (Wildman–Crippen LogP) is 3.44. The zero-order valence-electron chi connectivity index (χ0n) is 12.4. The molecule has 0 spiro atoms. The van der Waals surface area contributed by atoms with E-state index in [0.717, 1.165) is 31.3 Å². The van der Waals surface area contributed by atoms with Gasteiger partial charge in [-0.15, -0.1) is 0 Å². The van der Waals surface area contributed by atoms with Gasteiger partial charge in [0.1, 0.15) is 5.82 Å². The van der Waals surface area contributed by atoms with Crippen LogP contribution in [0.3, 0.4) is 0 Å². The van der Waals surface area contributed by atoms with Crippen molar-refractivity contribution in [1.82, 2.24) is 4.98 Å². The summed E-state index contributed by atoms with van der Waals surface area (Å²) in [6.45, 7) is 2.94. The highest BCUT2D eigenvalue weighted by Crippen LogP contribution is 2.24. The molecule has 0 radical (unpaired) electrons. The van der Waals surface area contributed by atoms with E-state index < -0.39 is 0 Å². The molecule has 0 saturated carbocycles. The highest BCUT2D eigenvalue weighted by atomic mass is 14.8. The van der Waals surface area contributed by atoms with Gasteiger partial charge >= 0.3 is 0 Å². The number of nitrogens with two attached hydrogens (primary N) is 2. The minimum atomic E-state index is 0.685. The molecule has 0 atom stereocenters. The lowest BCUT2D eigenvalue weighted by molar-refractivity contribution is 0.717. The van der Waals surface area contributed by atoms with Crippen molar-refractivity contribution in [2.45, 2.75) is 45.4 Å². The highest BCUT2D eigenvalue weighted by Gasteiger charge is 2.07. The second-order valence-electron chi connectivity index (χ2n) is 5.37. The fourth-order valence-electron chi connectivity index (χ4n) is 2.59. The molecule has 0 bridgehead atoms. The van der Waals surface area contributed by atoms with Gasteiger partial charge in [0, 0.05) is 5.39 Å². The van der Waals surface area contributed by atoms with Gasteiger partial charge < -0.3 is 11.5 Å². The van der Waals surface area contributed by atoms with Crippen molar-refractivity contribution >= 4 is 16.7 Å². The third kappa shape index (κ3) is 3.48. The van der Waals surface area contributed by atoms with Crippen molar-refractivity contribution in [3.05, 3.63) is 35.4 Å². The number of hydrogen-bond acceptors (Lipinski definition) is 3. The Bertz CT molecular complexity index is 563. The van der Waals surface area contributed by atoms with E-state index in [1.54, 1.807) is 0 Å². The summed E-state index contributed by atoms with van der Waals surface area (Å²) >= 11 is 0. The Kier molecular flexibility index (Phi) is 5.36. The molecule has 108 valence electrons. The monoisotopic (exact) mass is 271 g/mol. The lowest BCUT2D eigenvalue weighted by Gasteiger charge is -2.10. The van der Waals surface area contributed by atoms with E-state index in [9.17, 15) is 0 Å². The molecule has 0 aliphatic carbocycles. The molecule has 20 heavy (non-hydrogen) atoms. The van der Waals surface area contributed by atoms with E-state index in [1.165, 1.54) is 35.8 Å². The summed E-state index contributed by atoms with van der Waals surface area (Å²) in [7, 11) is 0. The zero-order chi connectivity index (χ0) is 14.4. The normalized spacial score (nSPS) is 11.1. The summed E-state index contributed by atoms with van der Waals surface area (Å²) in [6.07, 6.45) is 6.68. The molecule has 1 heterocycles. The molecule has 2 rings (SSSR count). The van der Waals surface area contributed by atoms with Crippen molar-refractivity contribution in [2.75, 3.05) is 12.3 Å². The molecule has 1 aromatic heterocycles. The van der Waals surface area contributed by atoms with Crippen LogP contribution in [0.25, 0.3) is 10.9 Å². The van der Waals surface area contributed by atoms with Crippen LogP contribution in [-0.2, 0) is 12.8 Å². The molecule has 0 fully saturated rings. The van der Waals surface area contributed by atoms with Gasteiger partial charge in [-0.2, -0.15) is 0 Å². The molecule has 0 aliphatic heterocycles. The first-order valence-electron chi connectivity index (χ1n) is 7.63. The van der Waals surface area contributed by atoms with Crippen LogP contribution in [0.1, 0.15) is 43.7 Å². The van der Waals surface area contributed by atoms with E-state index in [-0.39, 0.29) is 0 Å². The number of anilines is 1. The Morgan fingerprint density at radius 1 is 1.05 bits per heavy atom. The van der Waals surface area contributed by atoms with E-state index >= 15 is 0 Å². The Morgan fingerprint density at radius 3 is 2.60 bits per heavy atom. The summed E-state index contributed by atoms with van der Waals surface area (Å²) in [6, 6.07) is 8.50. The van der Waals surface area contributed by atoms with Gasteiger partial charge in [-0.25, -0.2) is 4.98 Å². The number of aromatic nitrogens is 1. The number of fused-ring (bicyclic) bond motifs is 1. The zero-order valence-corrected chi connectivity index (χ0v) is 12.4. The van der Waals surface area contributed by atoms with E-state index in [4.69, 9.17) is 11.5 Å². The number of hydrogen-bond donors (Lipinski definition) is 2. The molecule has 0 amide bonds. The van der Waals surface area contributed by atoms with E-state index in [1.807, 2.05) is 6.07 Å². The van der Waals surface area contributed by atoms with Crippen molar-refractivity contribution in [3.8, 4) is 0 Å². The molecular weight excluding hydrogens is 246 g/mol. The van der Waals surface area contributed by atoms with Gasteiger partial charge in [0.15, 0.2) is 0 Å². The molecule has 2 aromatic rings. The number of benzene rings is 1. The maximum atomic E-state index is 6.09. The van der Waals surface area contributed by atoms with Crippen molar-refractivity contribution in [1.29, 1.82) is 0 Å². The third-order valence-corrected chi connectivity index (χ3v) is 3.76. The van der Waals surface area contributed by atoms with Crippen LogP contribution in [-0.4, -0.2) is 11.5 Å². The first-order valence-corrected chi connectivity index (χ1v) is 7.63. The van der Waals surface area contributed by atoms with Crippen LogP contribution < -0.4 is 11.5 Å². The van der Waals surface area contributed by atoms with Crippen LogP contribution >= 0.6 is 0 Å². The summed E-state index contributed by atoms with van der Waals surface area (Å²) in [5.41, 5.74) is 15.2. The van der Waals surface area contributed by atoms with E-state index in [0.29, 0.717) is 5.82 Å². The number of aryl methyl sites for hydroxylation is 2. The average molecular weight is 271 g/mol. The standard InChI is InChI=1S/C17H25N3/c1-2-3-4-7-14-12-15-13(9-6-11-18)8-5-10-16(15)20-17(14)19/h5,8,10,12H,2-4,6-7,9,11,18H2,1H3,(H2,19,20). The highest BCUT2D eigenvalue weighted by molar-refractivity contribution is 5.84. The average Bonchev–Trinajstić information content (AvgIpc) is 2.46. The van der Waals surface area contributed by atoms with Crippen LogP contribution in [0, 0.1) is 0 Å². The number of nitrogen functional groups attached to an aromatic ring is 1. The minimum Gasteiger partial charge on any atom is -0.383 e. The first-order chi connectivity index (χ1) is 9.76. The van der Waals surface area contributed by atoms with Crippen LogP contribution in [0.15, 0.2) is 24.3 Å². The van der Waals surface area contributed by atoms with Crippen LogP contribution in [0.5, 0.6) is 0 Å². The lowest BCUT2D eigenvalue weighted by atomic mass is 10.00. The molecule has 1 aromatic carbocycles. The van der Waals surface area contributed by atoms with Gasteiger partial charge in [0.2, 0.25) is 0 Å². The van der Waals surface area contributed by atoms with Gasteiger partial charge in [-0.1, -0.05) is 31.9 Å². The van der Waals surface area contributed by atoms with Crippen molar-refractivity contribution < 1.29 is 0 Å². The summed E-state index contributed by atoms with van der Waals surface area (Å²) < 4.78 is 0. The Labute approximate surface area is 121 Å². The van der Waals surface area contributed by atoms with Gasteiger partial charge in [0.25, 0.3) is 0 Å². The van der Waals surface area contributed by atoms with Crippen molar-refractivity contribution in [2.24, 2.45) is 5.73 Å². The maximum Gasteiger partial charge on any atom is 0.127 e. The Hall–Kier alpha value is -1.61. The topological polar surface area (TPSA) is 64.9 Å². The third-order valence-electron chi connectivity index (χ3n) is 3.76. The van der Waals surface area contributed by atoms with Gasteiger partial charge in [-0.3, -0.25) is 0 Å². The number of unbranched alkanes of at least 4 members (excludes halogenated alkanes) is 2. The molecule has 3 nitrogen and oxygen atoms in total. The number of nitrogens with zero attached hydrogens (tertiary/aromatic N) is 1. The summed E-state index contributed by atoms with van der Waals surface area (Å²) in [4.78, 5) is 4.57. The minimum absolute atomic E-state index is 0.685. The molecule has 0 unspecified atom stereocenters. The first kappa shape index (κ1) is 14.8. The second-order valence-corrected chi connectivity index (χ2v) is 5.37. The second kappa shape index (κ2) is 7.25. The van der Waals surface area contributed by atoms with E-state index in [2.05, 4.69) is 30.1 Å².